The Morgan fingerprint density at radius 2 is 2.21 bits per heavy atom. The molecular weight excluding hydrogens is 262 g/mol. The van der Waals surface area contributed by atoms with Gasteiger partial charge in [-0.1, -0.05) is 18.3 Å². The number of carboxylic acids is 1. The Balaban J connectivity index is 1.83. The van der Waals surface area contributed by atoms with Crippen molar-refractivity contribution in [1.82, 2.24) is 9.88 Å². The lowest BCUT2D eigenvalue weighted by molar-refractivity contribution is 0.0701. The molecule has 2 rings (SSSR count). The van der Waals surface area contributed by atoms with E-state index in [0.29, 0.717) is 16.5 Å². The minimum atomic E-state index is -0.890. The molecule has 1 fully saturated rings. The fourth-order valence-corrected chi connectivity index (χ4v) is 3.22. The predicted octanol–water partition coefficient (Wildman–Crippen LogP) is 2.29. The number of nitrogens with one attached hydrogen (secondary N) is 1. The topological polar surface area (TPSA) is 65.5 Å². The van der Waals surface area contributed by atoms with Gasteiger partial charge in [0.1, 0.15) is 4.88 Å². The zero-order valence-corrected chi connectivity index (χ0v) is 12.3. The third-order valence-electron chi connectivity index (χ3n) is 3.69. The quantitative estimate of drug-likeness (QED) is 0.868. The summed E-state index contributed by atoms with van der Waals surface area (Å²) in [6.07, 6.45) is 2.41. The van der Waals surface area contributed by atoms with Crippen LogP contribution in [0.25, 0.3) is 0 Å². The molecule has 19 heavy (non-hydrogen) atoms. The molecule has 2 N–H and O–H groups in total. The van der Waals surface area contributed by atoms with Gasteiger partial charge in [-0.05, 0) is 45.3 Å². The number of hydrogen-bond donors (Lipinski definition) is 2. The van der Waals surface area contributed by atoms with Crippen LogP contribution in [0.5, 0.6) is 0 Å². The number of aromatic carboxylic acids is 1. The third kappa shape index (κ3) is 3.67. The van der Waals surface area contributed by atoms with E-state index in [9.17, 15) is 4.79 Å². The van der Waals surface area contributed by atoms with Crippen molar-refractivity contribution >= 4 is 22.4 Å². The summed E-state index contributed by atoms with van der Waals surface area (Å²) in [5.74, 6) is -0.223. The van der Waals surface area contributed by atoms with Crippen LogP contribution >= 0.6 is 11.3 Å². The first-order chi connectivity index (χ1) is 9.10. The van der Waals surface area contributed by atoms with E-state index in [1.54, 1.807) is 6.92 Å². The summed E-state index contributed by atoms with van der Waals surface area (Å²) in [6, 6.07) is 0. The number of rotatable bonds is 5. The molecule has 0 bridgehead atoms. The lowest BCUT2D eigenvalue weighted by atomic mass is 9.97. The van der Waals surface area contributed by atoms with Crippen molar-refractivity contribution in [3.63, 3.8) is 0 Å². The van der Waals surface area contributed by atoms with Gasteiger partial charge in [0.2, 0.25) is 0 Å². The summed E-state index contributed by atoms with van der Waals surface area (Å²) in [5, 5.41) is 13.0. The third-order valence-corrected chi connectivity index (χ3v) is 4.79. The van der Waals surface area contributed by atoms with E-state index >= 15 is 0 Å². The van der Waals surface area contributed by atoms with E-state index in [4.69, 9.17) is 5.11 Å². The number of piperidine rings is 1. The summed E-state index contributed by atoms with van der Waals surface area (Å²) in [4.78, 5) is 18.0. The Morgan fingerprint density at radius 1 is 1.53 bits per heavy atom. The molecule has 0 aromatic carbocycles. The highest BCUT2D eigenvalue weighted by Crippen LogP contribution is 2.24. The summed E-state index contributed by atoms with van der Waals surface area (Å²) in [6.45, 7) is 8.30. The van der Waals surface area contributed by atoms with Gasteiger partial charge in [0.05, 0.1) is 5.69 Å². The van der Waals surface area contributed by atoms with Crippen LogP contribution in [0.3, 0.4) is 0 Å². The fourth-order valence-electron chi connectivity index (χ4n) is 2.41. The van der Waals surface area contributed by atoms with Crippen molar-refractivity contribution in [1.29, 1.82) is 0 Å². The number of carbonyl (C=O) groups is 1. The van der Waals surface area contributed by atoms with Crippen molar-refractivity contribution in [2.24, 2.45) is 5.92 Å². The van der Waals surface area contributed by atoms with E-state index < -0.39 is 5.97 Å². The molecule has 0 amide bonds. The Kier molecular flexibility index (Phi) is 4.76. The van der Waals surface area contributed by atoms with Crippen molar-refractivity contribution in [2.45, 2.75) is 26.7 Å². The molecule has 0 radical (unpaired) electrons. The zero-order valence-electron chi connectivity index (χ0n) is 11.5. The molecule has 106 valence electrons. The first-order valence-electron chi connectivity index (χ1n) is 6.77. The molecule has 0 atom stereocenters. The number of hydrogen-bond acceptors (Lipinski definition) is 5. The Hall–Kier alpha value is -1.14. The normalized spacial score (nSPS) is 17.6. The Labute approximate surface area is 117 Å². The molecule has 0 spiro atoms. The summed E-state index contributed by atoms with van der Waals surface area (Å²) in [5.41, 5.74) is 0.598. The van der Waals surface area contributed by atoms with Crippen LogP contribution in [-0.4, -0.2) is 47.1 Å². The molecule has 1 aromatic heterocycles. The highest BCUT2D eigenvalue weighted by atomic mass is 32.1. The van der Waals surface area contributed by atoms with Gasteiger partial charge in [-0.2, -0.15) is 0 Å². The minimum absolute atomic E-state index is 0.336. The maximum Gasteiger partial charge on any atom is 0.347 e. The van der Waals surface area contributed by atoms with E-state index in [0.717, 1.165) is 18.2 Å². The molecular formula is C13H21N3O2S. The van der Waals surface area contributed by atoms with Crippen molar-refractivity contribution in [3.05, 3.63) is 10.6 Å². The standard InChI is InChI=1S/C13H21N3O2S/c1-3-16-6-4-10(5-7-16)8-14-13-15-9(2)11(19-13)12(17)18/h10H,3-8H2,1-2H3,(H,14,15)(H,17,18). The molecule has 5 nitrogen and oxygen atoms in total. The molecule has 0 aliphatic carbocycles. The molecule has 1 aliphatic heterocycles. The van der Waals surface area contributed by atoms with Crippen LogP contribution in [-0.2, 0) is 0 Å². The molecule has 0 unspecified atom stereocenters. The van der Waals surface area contributed by atoms with E-state index in [1.807, 2.05) is 0 Å². The summed E-state index contributed by atoms with van der Waals surface area (Å²) in [7, 11) is 0. The number of likely N-dealkylation sites (tertiary alicyclic amines) is 1. The lowest BCUT2D eigenvalue weighted by Gasteiger charge is -2.30. The minimum Gasteiger partial charge on any atom is -0.477 e. The molecule has 1 aromatic rings. The maximum absolute atomic E-state index is 10.9. The number of aryl methyl sites for hydroxylation is 1. The average Bonchev–Trinajstić information content (AvgIpc) is 2.78. The fraction of sp³-hybridized carbons (Fsp3) is 0.692. The van der Waals surface area contributed by atoms with Crippen LogP contribution in [0.1, 0.15) is 35.1 Å². The van der Waals surface area contributed by atoms with Gasteiger partial charge in [-0.15, -0.1) is 0 Å². The number of anilines is 1. The first kappa shape index (κ1) is 14.3. The highest BCUT2D eigenvalue weighted by Gasteiger charge is 2.19. The first-order valence-corrected chi connectivity index (χ1v) is 7.58. The molecule has 2 heterocycles. The van der Waals surface area contributed by atoms with Crippen LogP contribution < -0.4 is 5.32 Å². The zero-order chi connectivity index (χ0) is 13.8. The van der Waals surface area contributed by atoms with Crippen molar-refractivity contribution in [2.75, 3.05) is 31.5 Å². The van der Waals surface area contributed by atoms with Gasteiger partial charge < -0.3 is 15.3 Å². The van der Waals surface area contributed by atoms with Gasteiger partial charge in [0.15, 0.2) is 5.13 Å². The SMILES string of the molecule is CCN1CCC(CNc2nc(C)c(C(=O)O)s2)CC1. The summed E-state index contributed by atoms with van der Waals surface area (Å²) >= 11 is 1.23. The van der Waals surface area contributed by atoms with Crippen LogP contribution in [0.2, 0.25) is 0 Å². The smallest absolute Gasteiger partial charge is 0.347 e. The number of nitrogens with zero attached hydrogens (tertiary/aromatic N) is 2. The highest BCUT2D eigenvalue weighted by molar-refractivity contribution is 7.17. The molecule has 1 saturated heterocycles. The van der Waals surface area contributed by atoms with Crippen molar-refractivity contribution < 1.29 is 9.90 Å². The number of carboxylic acid groups (broad SMARTS) is 1. The van der Waals surface area contributed by atoms with Crippen LogP contribution in [0, 0.1) is 12.8 Å². The molecule has 6 heteroatoms. The van der Waals surface area contributed by atoms with Gasteiger partial charge in [-0.25, -0.2) is 9.78 Å². The monoisotopic (exact) mass is 283 g/mol. The number of aromatic nitrogens is 1. The van der Waals surface area contributed by atoms with Gasteiger partial charge in [-0.3, -0.25) is 0 Å². The maximum atomic E-state index is 10.9. The van der Waals surface area contributed by atoms with Crippen molar-refractivity contribution in [3.8, 4) is 0 Å². The van der Waals surface area contributed by atoms with E-state index in [2.05, 4.69) is 22.1 Å². The van der Waals surface area contributed by atoms with Gasteiger partial charge in [0.25, 0.3) is 0 Å². The second-order valence-electron chi connectivity index (χ2n) is 5.00. The molecule has 0 saturated carbocycles. The van der Waals surface area contributed by atoms with Crippen LogP contribution in [0.4, 0.5) is 5.13 Å². The average molecular weight is 283 g/mol. The Morgan fingerprint density at radius 3 is 2.74 bits per heavy atom. The van der Waals surface area contributed by atoms with E-state index in [1.165, 1.54) is 37.3 Å². The van der Waals surface area contributed by atoms with E-state index in [-0.39, 0.29) is 0 Å². The molecule has 1 aliphatic rings. The Bertz CT molecular complexity index is 439. The van der Waals surface area contributed by atoms with Gasteiger partial charge in [0, 0.05) is 6.54 Å². The lowest BCUT2D eigenvalue weighted by Crippen LogP contribution is -2.35. The van der Waals surface area contributed by atoms with Crippen LogP contribution in [0.15, 0.2) is 0 Å². The largest absolute Gasteiger partial charge is 0.477 e. The second-order valence-corrected chi connectivity index (χ2v) is 6.00. The second kappa shape index (κ2) is 6.34. The number of thiazole rings is 1. The predicted molar refractivity (Wildman–Crippen MR) is 77.1 cm³/mol. The van der Waals surface area contributed by atoms with Gasteiger partial charge >= 0.3 is 5.97 Å². The summed E-state index contributed by atoms with van der Waals surface area (Å²) < 4.78 is 0.